The van der Waals surface area contributed by atoms with Crippen LogP contribution in [0.3, 0.4) is 0 Å². The minimum atomic E-state index is -6.37. The highest BCUT2D eigenvalue weighted by atomic mass is 32.2. The van der Waals surface area contributed by atoms with Crippen molar-refractivity contribution in [3.05, 3.63) is 66.7 Å². The van der Waals surface area contributed by atoms with E-state index in [-0.39, 0.29) is 21.5 Å². The zero-order valence-electron chi connectivity index (χ0n) is 17.0. The number of benzene rings is 4. The Morgan fingerprint density at radius 2 is 1.09 bits per heavy atom. The molecular weight excluding hydrogens is 522 g/mol. The Labute approximate surface area is 194 Å². The molecule has 0 aliphatic carbocycles. The van der Waals surface area contributed by atoms with Crippen LogP contribution in [-0.4, -0.2) is 33.0 Å². The van der Waals surface area contributed by atoms with Gasteiger partial charge >= 0.3 is 11.0 Å². The monoisotopic (exact) mass is 534 g/mol. The van der Waals surface area contributed by atoms with Gasteiger partial charge in [0.05, 0.1) is 4.90 Å². The summed E-state index contributed by atoms with van der Waals surface area (Å²) in [6.45, 7) is 0. The van der Waals surface area contributed by atoms with Gasteiger partial charge in [0.1, 0.15) is 10.6 Å². The fraction of sp³-hybridized carbons (Fsp3) is 0.0909. The molecule has 0 saturated carbocycles. The van der Waals surface area contributed by atoms with E-state index in [4.69, 9.17) is 0 Å². The van der Waals surface area contributed by atoms with E-state index in [0.29, 0.717) is 12.1 Å². The molecule has 0 saturated heterocycles. The van der Waals surface area contributed by atoms with E-state index in [1.807, 2.05) is 0 Å². The maximum atomic E-state index is 13.6. The van der Waals surface area contributed by atoms with E-state index in [0.717, 1.165) is 18.2 Å². The first kappa shape index (κ1) is 24.8. The molecule has 184 valence electrons. The molecule has 5 nitrogen and oxygen atoms in total. The van der Waals surface area contributed by atoms with Crippen molar-refractivity contribution in [3.63, 3.8) is 0 Å². The first-order chi connectivity index (χ1) is 16.1. The number of alkyl halides is 6. The Morgan fingerprint density at radius 1 is 0.600 bits per heavy atom. The van der Waals surface area contributed by atoms with Gasteiger partial charge in [-0.15, -0.1) is 0 Å². The van der Waals surface area contributed by atoms with Gasteiger partial charge in [0.15, 0.2) is 0 Å². The Balaban J connectivity index is 2.38. The second-order valence-electron chi connectivity index (χ2n) is 7.38. The van der Waals surface area contributed by atoms with E-state index in [1.165, 1.54) is 36.4 Å². The van der Waals surface area contributed by atoms with E-state index in [2.05, 4.69) is 0 Å². The number of aromatic hydroxyl groups is 1. The van der Waals surface area contributed by atoms with Gasteiger partial charge in [-0.05, 0) is 33.7 Å². The number of hydrogen-bond acceptors (Lipinski definition) is 5. The van der Waals surface area contributed by atoms with Crippen molar-refractivity contribution in [2.75, 3.05) is 0 Å². The molecule has 0 atom stereocenters. The summed E-state index contributed by atoms with van der Waals surface area (Å²) in [5.74, 6) is -1.40. The molecule has 0 aliphatic rings. The zero-order valence-corrected chi connectivity index (χ0v) is 18.6. The van der Waals surface area contributed by atoms with Gasteiger partial charge in [-0.3, -0.25) is 0 Å². The summed E-state index contributed by atoms with van der Waals surface area (Å²) in [4.78, 5) is -3.21. The largest absolute Gasteiger partial charge is 0.507 e. The fourth-order valence-corrected chi connectivity index (χ4v) is 5.83. The molecule has 0 unspecified atom stereocenters. The first-order valence-electron chi connectivity index (χ1n) is 9.48. The van der Waals surface area contributed by atoms with Crippen LogP contribution in [0.15, 0.2) is 76.5 Å². The Morgan fingerprint density at radius 3 is 1.63 bits per heavy atom. The first-order valence-corrected chi connectivity index (χ1v) is 12.4. The molecule has 4 rings (SSSR count). The third-order valence-corrected chi connectivity index (χ3v) is 8.38. The summed E-state index contributed by atoms with van der Waals surface area (Å²) in [6, 6.07) is 12.5. The third-order valence-electron chi connectivity index (χ3n) is 5.29. The van der Waals surface area contributed by atoms with E-state index in [1.54, 1.807) is 0 Å². The molecule has 0 radical (unpaired) electrons. The van der Waals surface area contributed by atoms with Crippen molar-refractivity contribution >= 4 is 41.2 Å². The van der Waals surface area contributed by atoms with Crippen LogP contribution in [0.25, 0.3) is 32.7 Å². The minimum Gasteiger partial charge on any atom is -0.507 e. The molecule has 0 spiro atoms. The summed E-state index contributed by atoms with van der Waals surface area (Å²) < 4.78 is 132. The SMILES string of the molecule is O=S(=O)(c1ccc2ccccc2c1-c1c(S(=O)(=O)C(F)(F)F)c(O)cc2ccccc12)C(F)(F)F. The molecule has 13 heteroatoms. The molecule has 0 fully saturated rings. The number of phenols is 1. The van der Waals surface area contributed by atoms with Crippen LogP contribution in [-0.2, 0) is 19.7 Å². The van der Waals surface area contributed by atoms with Crippen LogP contribution in [0.5, 0.6) is 5.75 Å². The van der Waals surface area contributed by atoms with E-state index in [9.17, 15) is 48.3 Å². The van der Waals surface area contributed by atoms with Gasteiger partial charge in [-0.1, -0.05) is 54.6 Å². The van der Waals surface area contributed by atoms with Crippen LogP contribution in [0.1, 0.15) is 0 Å². The summed E-state index contributed by atoms with van der Waals surface area (Å²) in [7, 11) is -12.6. The van der Waals surface area contributed by atoms with Crippen molar-refractivity contribution in [2.45, 2.75) is 20.8 Å². The lowest BCUT2D eigenvalue weighted by Gasteiger charge is -2.21. The summed E-state index contributed by atoms with van der Waals surface area (Å²) in [5.41, 5.74) is -13.8. The highest BCUT2D eigenvalue weighted by Gasteiger charge is 2.52. The summed E-state index contributed by atoms with van der Waals surface area (Å²) in [5, 5.41) is 9.92. The van der Waals surface area contributed by atoms with Crippen molar-refractivity contribution < 1.29 is 48.3 Å². The minimum absolute atomic E-state index is 0.0376. The molecule has 0 aliphatic heterocycles. The van der Waals surface area contributed by atoms with Crippen LogP contribution in [0.4, 0.5) is 26.3 Å². The number of halogens is 6. The van der Waals surface area contributed by atoms with Crippen molar-refractivity contribution in [2.24, 2.45) is 0 Å². The van der Waals surface area contributed by atoms with Crippen LogP contribution in [0.2, 0.25) is 0 Å². The number of rotatable bonds is 3. The van der Waals surface area contributed by atoms with E-state index >= 15 is 0 Å². The Hall–Kier alpha value is -3.32. The second kappa shape index (κ2) is 7.85. The molecule has 4 aromatic rings. The molecule has 35 heavy (non-hydrogen) atoms. The zero-order chi connectivity index (χ0) is 26.0. The quantitative estimate of drug-likeness (QED) is 0.328. The van der Waals surface area contributed by atoms with Crippen LogP contribution in [0, 0.1) is 0 Å². The van der Waals surface area contributed by atoms with Crippen LogP contribution >= 0.6 is 0 Å². The van der Waals surface area contributed by atoms with Gasteiger partial charge < -0.3 is 5.11 Å². The molecular formula is C22H12F6O5S2. The van der Waals surface area contributed by atoms with Crippen molar-refractivity contribution in [1.29, 1.82) is 0 Å². The van der Waals surface area contributed by atoms with Gasteiger partial charge in [0.2, 0.25) is 0 Å². The Kier molecular flexibility index (Phi) is 5.56. The fourth-order valence-electron chi connectivity index (χ4n) is 3.81. The van der Waals surface area contributed by atoms with Gasteiger partial charge in [0, 0.05) is 11.1 Å². The predicted octanol–water partition coefficient (Wildman–Crippen LogP) is 5.95. The topological polar surface area (TPSA) is 88.5 Å². The standard InChI is InChI=1S/C22H12F6O5S2/c23-21(24,25)34(30,31)17-10-9-12-5-1-3-7-14(12)18(17)19-15-8-4-2-6-13(15)11-16(29)20(19)35(32,33)22(26,27)28/h1-11,29H. The normalized spacial score (nSPS) is 13.4. The summed E-state index contributed by atoms with van der Waals surface area (Å²) >= 11 is 0. The molecule has 0 bridgehead atoms. The molecule has 0 amide bonds. The van der Waals surface area contributed by atoms with E-state index < -0.39 is 57.4 Å². The summed E-state index contributed by atoms with van der Waals surface area (Å²) in [6.07, 6.45) is 0. The highest BCUT2D eigenvalue weighted by molar-refractivity contribution is 7.93. The maximum absolute atomic E-state index is 13.6. The van der Waals surface area contributed by atoms with Gasteiger partial charge in [0.25, 0.3) is 19.7 Å². The third kappa shape index (κ3) is 3.78. The average Bonchev–Trinajstić information content (AvgIpc) is 2.75. The Bertz CT molecular complexity index is 1710. The maximum Gasteiger partial charge on any atom is 0.502 e. The van der Waals surface area contributed by atoms with Gasteiger partial charge in [-0.25, -0.2) is 16.8 Å². The number of sulfone groups is 2. The highest BCUT2D eigenvalue weighted by Crippen LogP contribution is 2.49. The molecule has 0 aromatic heterocycles. The smallest absolute Gasteiger partial charge is 0.502 e. The van der Waals surface area contributed by atoms with Crippen LogP contribution < -0.4 is 0 Å². The number of hydrogen-bond donors (Lipinski definition) is 1. The number of fused-ring (bicyclic) bond motifs is 2. The lowest BCUT2D eigenvalue weighted by atomic mass is 9.93. The van der Waals surface area contributed by atoms with Crippen molar-refractivity contribution in [1.82, 2.24) is 0 Å². The lowest BCUT2D eigenvalue weighted by Crippen LogP contribution is -2.25. The number of phenolic OH excluding ortho intramolecular Hbond substituents is 1. The predicted molar refractivity (Wildman–Crippen MR) is 115 cm³/mol. The molecule has 0 heterocycles. The molecule has 1 N–H and O–H groups in total. The lowest BCUT2D eigenvalue weighted by molar-refractivity contribution is -0.0443. The molecule has 4 aromatic carbocycles. The van der Waals surface area contributed by atoms with Crippen molar-refractivity contribution in [3.8, 4) is 16.9 Å². The second-order valence-corrected chi connectivity index (χ2v) is 11.2. The average molecular weight is 534 g/mol. The van der Waals surface area contributed by atoms with Gasteiger partial charge in [-0.2, -0.15) is 26.3 Å².